The quantitative estimate of drug-likeness (QED) is 0.824. The second-order valence-corrected chi connectivity index (χ2v) is 7.20. The van der Waals surface area contributed by atoms with Gasteiger partial charge in [0.25, 0.3) is 0 Å². The maximum atomic E-state index is 6.12. The Kier molecular flexibility index (Phi) is 4.40. The molecule has 2 aliphatic heterocycles. The zero-order valence-electron chi connectivity index (χ0n) is 11.5. The van der Waals surface area contributed by atoms with Crippen LogP contribution in [0, 0.1) is 0 Å². The van der Waals surface area contributed by atoms with Crippen LogP contribution in [-0.4, -0.2) is 66.1 Å². The summed E-state index contributed by atoms with van der Waals surface area (Å²) in [6, 6.07) is 0.769. The van der Waals surface area contributed by atoms with Gasteiger partial charge in [-0.1, -0.05) is 6.92 Å². The van der Waals surface area contributed by atoms with Gasteiger partial charge in [0, 0.05) is 36.5 Å². The molecule has 0 radical (unpaired) electrons. The van der Waals surface area contributed by atoms with Crippen molar-refractivity contribution in [3.05, 3.63) is 0 Å². The maximum absolute atomic E-state index is 6.12. The van der Waals surface area contributed by atoms with Gasteiger partial charge in [-0.15, -0.1) is 0 Å². The lowest BCUT2D eigenvalue weighted by molar-refractivity contribution is 0.0477. The van der Waals surface area contributed by atoms with Gasteiger partial charge < -0.3 is 10.6 Å². The third-order valence-electron chi connectivity index (χ3n) is 4.84. The van der Waals surface area contributed by atoms with Crippen LogP contribution in [0.4, 0.5) is 0 Å². The highest BCUT2D eigenvalue weighted by molar-refractivity contribution is 8.00. The van der Waals surface area contributed by atoms with E-state index in [0.717, 1.165) is 12.6 Å². The fraction of sp³-hybridized carbons (Fsp3) is 1.00. The molecule has 0 saturated carbocycles. The van der Waals surface area contributed by atoms with Gasteiger partial charge in [-0.3, -0.25) is 4.90 Å². The molecule has 2 rings (SSSR count). The van der Waals surface area contributed by atoms with E-state index in [1.54, 1.807) is 0 Å². The second kappa shape index (κ2) is 5.47. The number of hydrogen-bond acceptors (Lipinski definition) is 4. The van der Waals surface area contributed by atoms with Crippen molar-refractivity contribution in [2.45, 2.75) is 43.0 Å². The van der Waals surface area contributed by atoms with Crippen molar-refractivity contribution in [1.82, 2.24) is 9.80 Å². The maximum Gasteiger partial charge on any atom is 0.0455 e. The summed E-state index contributed by atoms with van der Waals surface area (Å²) in [5, 5.41) is 0.698. The summed E-state index contributed by atoms with van der Waals surface area (Å²) in [5.41, 5.74) is 6.41. The molecule has 2 aliphatic rings. The van der Waals surface area contributed by atoms with E-state index in [1.807, 2.05) is 0 Å². The molecule has 0 aromatic heterocycles. The Morgan fingerprint density at radius 2 is 2.00 bits per heavy atom. The van der Waals surface area contributed by atoms with Crippen LogP contribution in [0.15, 0.2) is 0 Å². The van der Waals surface area contributed by atoms with Gasteiger partial charge in [0.1, 0.15) is 0 Å². The van der Waals surface area contributed by atoms with Crippen molar-refractivity contribution in [3.8, 4) is 0 Å². The third-order valence-corrected chi connectivity index (χ3v) is 6.22. The van der Waals surface area contributed by atoms with Crippen molar-refractivity contribution in [2.24, 2.45) is 5.73 Å². The first-order valence-corrected chi connectivity index (χ1v) is 7.88. The first-order valence-electron chi connectivity index (χ1n) is 6.83. The summed E-state index contributed by atoms with van der Waals surface area (Å²) >= 11 is 2.10. The molecule has 0 bridgehead atoms. The molecular weight excluding hydrogens is 230 g/mol. The van der Waals surface area contributed by atoms with Crippen LogP contribution < -0.4 is 5.73 Å². The smallest absolute Gasteiger partial charge is 0.0455 e. The van der Waals surface area contributed by atoms with Crippen LogP contribution in [0.1, 0.15) is 26.2 Å². The number of hydrogen-bond donors (Lipinski definition) is 1. The van der Waals surface area contributed by atoms with Gasteiger partial charge in [0.2, 0.25) is 0 Å². The largest absolute Gasteiger partial charge is 0.329 e. The predicted octanol–water partition coefficient (Wildman–Crippen LogP) is 1.24. The average molecular weight is 257 g/mol. The van der Waals surface area contributed by atoms with Crippen molar-refractivity contribution in [2.75, 3.05) is 39.5 Å². The van der Waals surface area contributed by atoms with Crippen LogP contribution in [0.3, 0.4) is 0 Å². The molecule has 2 unspecified atom stereocenters. The van der Waals surface area contributed by atoms with Crippen LogP contribution in [0.2, 0.25) is 0 Å². The van der Waals surface area contributed by atoms with Gasteiger partial charge in [0.05, 0.1) is 0 Å². The van der Waals surface area contributed by atoms with Gasteiger partial charge in [-0.2, -0.15) is 11.8 Å². The Balaban J connectivity index is 1.99. The zero-order chi connectivity index (χ0) is 12.5. The molecule has 2 saturated heterocycles. The Hall–Kier alpha value is 0.230. The number of rotatable bonds is 3. The minimum atomic E-state index is 0.294. The molecule has 2 atom stereocenters. The van der Waals surface area contributed by atoms with Crippen molar-refractivity contribution in [3.63, 3.8) is 0 Å². The molecule has 0 aliphatic carbocycles. The van der Waals surface area contributed by atoms with E-state index in [4.69, 9.17) is 5.73 Å². The van der Waals surface area contributed by atoms with Crippen LogP contribution in [0.5, 0.6) is 0 Å². The summed E-state index contributed by atoms with van der Waals surface area (Å²) < 4.78 is 0. The lowest BCUT2D eigenvalue weighted by atomic mass is 9.87. The third kappa shape index (κ3) is 2.50. The molecule has 17 heavy (non-hydrogen) atoms. The summed E-state index contributed by atoms with van der Waals surface area (Å²) in [6.45, 7) is 5.65. The Labute approximate surface area is 110 Å². The lowest BCUT2D eigenvalue weighted by Gasteiger charge is -2.47. The second-order valence-electron chi connectivity index (χ2n) is 5.75. The molecular formula is C13H27N3S. The predicted molar refractivity (Wildman–Crippen MR) is 76.6 cm³/mol. The summed E-state index contributed by atoms with van der Waals surface area (Å²) in [6.07, 6.45) is 3.88. The minimum Gasteiger partial charge on any atom is -0.329 e. The van der Waals surface area contributed by atoms with E-state index >= 15 is 0 Å². The molecule has 0 amide bonds. The molecule has 100 valence electrons. The van der Waals surface area contributed by atoms with Crippen LogP contribution >= 0.6 is 11.8 Å². The highest BCUT2D eigenvalue weighted by Gasteiger charge is 2.45. The van der Waals surface area contributed by atoms with Gasteiger partial charge in [-0.25, -0.2) is 0 Å². The number of nitrogens with two attached hydrogens (primary N) is 1. The van der Waals surface area contributed by atoms with Gasteiger partial charge >= 0.3 is 0 Å². The highest BCUT2D eigenvalue weighted by Crippen LogP contribution is 2.40. The van der Waals surface area contributed by atoms with Gasteiger partial charge in [-0.05, 0) is 39.1 Å². The Bertz CT molecular complexity index is 251. The normalized spacial score (nSPS) is 36.9. The van der Waals surface area contributed by atoms with Gasteiger partial charge in [0.15, 0.2) is 0 Å². The molecule has 0 aromatic rings. The summed E-state index contributed by atoms with van der Waals surface area (Å²) in [4.78, 5) is 5.07. The molecule has 2 N–H and O–H groups in total. The van der Waals surface area contributed by atoms with E-state index in [9.17, 15) is 0 Å². The highest BCUT2D eigenvalue weighted by atomic mass is 32.2. The number of likely N-dealkylation sites (tertiary alicyclic amines) is 1. The summed E-state index contributed by atoms with van der Waals surface area (Å²) in [5.74, 6) is 1.28. The SMILES string of the molecule is CC1SCCC1(CN)N1CCC(N(C)C)CC1. The lowest BCUT2D eigenvalue weighted by Crippen LogP contribution is -2.60. The number of piperidine rings is 1. The van der Waals surface area contributed by atoms with Crippen molar-refractivity contribution in [1.29, 1.82) is 0 Å². The number of thioether (sulfide) groups is 1. The van der Waals surface area contributed by atoms with Crippen molar-refractivity contribution >= 4 is 11.8 Å². The zero-order valence-corrected chi connectivity index (χ0v) is 12.3. The summed E-state index contributed by atoms with van der Waals surface area (Å²) in [7, 11) is 4.40. The monoisotopic (exact) mass is 257 g/mol. The van der Waals surface area contributed by atoms with E-state index in [-0.39, 0.29) is 0 Å². The topological polar surface area (TPSA) is 32.5 Å². The molecule has 0 spiro atoms. The first kappa shape index (κ1) is 13.7. The average Bonchev–Trinajstić information content (AvgIpc) is 2.71. The van der Waals surface area contributed by atoms with Crippen LogP contribution in [0.25, 0.3) is 0 Å². The standard InChI is InChI=1S/C13H27N3S/c1-11-13(10-14,6-9-17-11)16-7-4-12(5-8-16)15(2)3/h11-12H,4-10,14H2,1-3H3. The van der Waals surface area contributed by atoms with E-state index in [1.165, 1.54) is 38.1 Å². The van der Waals surface area contributed by atoms with Crippen LogP contribution in [-0.2, 0) is 0 Å². The fourth-order valence-corrected chi connectivity index (χ4v) is 4.91. The Morgan fingerprint density at radius 3 is 2.41 bits per heavy atom. The number of nitrogens with zero attached hydrogens (tertiary/aromatic N) is 2. The molecule has 0 aromatic carbocycles. The molecule has 2 fully saturated rings. The first-order chi connectivity index (χ1) is 8.10. The van der Waals surface area contributed by atoms with Crippen molar-refractivity contribution < 1.29 is 0 Å². The van der Waals surface area contributed by atoms with E-state index in [2.05, 4.69) is 42.6 Å². The van der Waals surface area contributed by atoms with E-state index < -0.39 is 0 Å². The van der Waals surface area contributed by atoms with E-state index in [0.29, 0.717) is 10.8 Å². The fourth-order valence-electron chi connectivity index (χ4n) is 3.41. The Morgan fingerprint density at radius 1 is 1.35 bits per heavy atom. The molecule has 2 heterocycles. The minimum absolute atomic E-state index is 0.294. The molecule has 4 heteroatoms. The molecule has 3 nitrogen and oxygen atoms in total.